The summed E-state index contributed by atoms with van der Waals surface area (Å²) in [6.45, 7) is 3.88. The molecule has 0 fully saturated rings. The molecule has 27 heavy (non-hydrogen) atoms. The van der Waals surface area contributed by atoms with Crippen LogP contribution in [0.1, 0.15) is 24.2 Å². The van der Waals surface area contributed by atoms with Gasteiger partial charge in [0.25, 0.3) is 0 Å². The lowest BCUT2D eigenvalue weighted by Gasteiger charge is -2.15. The fourth-order valence-corrected chi connectivity index (χ4v) is 3.04. The van der Waals surface area contributed by atoms with Gasteiger partial charge < -0.3 is 10.6 Å². The van der Waals surface area contributed by atoms with E-state index >= 15 is 0 Å². The molecule has 1 heterocycles. The number of benzene rings is 2. The second kappa shape index (κ2) is 8.33. The lowest BCUT2D eigenvalue weighted by molar-refractivity contribution is -0.115. The van der Waals surface area contributed by atoms with Crippen LogP contribution < -0.4 is 10.6 Å². The standard InChI is InChI=1S/C20H20ClFN4O/c1-13-11-19(26(25-13)16-9-7-15(22)8-10-16)24-20(27)12-23-14(2)17-5-3-4-6-18(17)21/h3-11,14,23H,12H2,1-2H3,(H,24,27)/t14-/m1/s1. The topological polar surface area (TPSA) is 59.0 Å². The molecule has 3 aromatic rings. The van der Waals surface area contributed by atoms with Crippen LogP contribution >= 0.6 is 11.6 Å². The van der Waals surface area contributed by atoms with Gasteiger partial charge in [0.1, 0.15) is 11.6 Å². The van der Waals surface area contributed by atoms with Crippen molar-refractivity contribution in [3.8, 4) is 5.69 Å². The Balaban J connectivity index is 1.66. The molecule has 0 bridgehead atoms. The third kappa shape index (κ3) is 4.72. The molecule has 1 atom stereocenters. The largest absolute Gasteiger partial charge is 0.309 e. The van der Waals surface area contributed by atoms with E-state index in [-0.39, 0.29) is 24.3 Å². The van der Waals surface area contributed by atoms with Gasteiger partial charge >= 0.3 is 0 Å². The minimum atomic E-state index is -0.328. The molecule has 0 aliphatic rings. The van der Waals surface area contributed by atoms with Crippen molar-refractivity contribution in [1.29, 1.82) is 0 Å². The lowest BCUT2D eigenvalue weighted by atomic mass is 10.1. The third-order valence-electron chi connectivity index (χ3n) is 4.11. The molecular formula is C20H20ClFN4O. The smallest absolute Gasteiger partial charge is 0.239 e. The molecule has 0 saturated heterocycles. The summed E-state index contributed by atoms with van der Waals surface area (Å²) in [5, 5.41) is 11.0. The van der Waals surface area contributed by atoms with Gasteiger partial charge in [0, 0.05) is 17.1 Å². The SMILES string of the molecule is Cc1cc(NC(=O)CN[C@H](C)c2ccccc2Cl)n(-c2ccc(F)cc2)n1. The molecule has 2 N–H and O–H groups in total. The molecule has 0 aliphatic heterocycles. The minimum Gasteiger partial charge on any atom is -0.309 e. The summed E-state index contributed by atoms with van der Waals surface area (Å²) in [5.74, 6) is -0.0144. The Bertz CT molecular complexity index is 939. The maximum Gasteiger partial charge on any atom is 0.239 e. The first-order chi connectivity index (χ1) is 12.9. The molecule has 3 rings (SSSR count). The number of hydrogen-bond donors (Lipinski definition) is 2. The second-order valence-electron chi connectivity index (χ2n) is 6.23. The number of hydrogen-bond acceptors (Lipinski definition) is 3. The summed E-state index contributed by atoms with van der Waals surface area (Å²) < 4.78 is 14.7. The Hall–Kier alpha value is -2.70. The Morgan fingerprint density at radius 3 is 2.63 bits per heavy atom. The summed E-state index contributed by atoms with van der Waals surface area (Å²) in [6.07, 6.45) is 0. The molecule has 5 nitrogen and oxygen atoms in total. The molecule has 0 radical (unpaired) electrons. The average molecular weight is 387 g/mol. The number of aromatic nitrogens is 2. The Morgan fingerprint density at radius 2 is 1.93 bits per heavy atom. The molecule has 0 saturated carbocycles. The number of carbonyl (C=O) groups excluding carboxylic acids is 1. The van der Waals surface area contributed by atoms with Crippen molar-refractivity contribution in [3.63, 3.8) is 0 Å². The number of rotatable bonds is 6. The number of amides is 1. The van der Waals surface area contributed by atoms with Crippen molar-refractivity contribution in [1.82, 2.24) is 15.1 Å². The van der Waals surface area contributed by atoms with E-state index in [1.807, 2.05) is 38.1 Å². The minimum absolute atomic E-state index is 0.0757. The lowest BCUT2D eigenvalue weighted by Crippen LogP contribution is -2.30. The maximum atomic E-state index is 13.1. The van der Waals surface area contributed by atoms with Crippen LogP contribution in [0, 0.1) is 12.7 Å². The molecule has 1 aromatic heterocycles. The van der Waals surface area contributed by atoms with Gasteiger partial charge in [-0.3, -0.25) is 4.79 Å². The summed E-state index contributed by atoms with van der Waals surface area (Å²) in [5.41, 5.74) is 2.34. The van der Waals surface area contributed by atoms with Gasteiger partial charge in [0.05, 0.1) is 17.9 Å². The second-order valence-corrected chi connectivity index (χ2v) is 6.64. The molecule has 2 aromatic carbocycles. The van der Waals surface area contributed by atoms with Crippen LogP contribution in [0.5, 0.6) is 0 Å². The van der Waals surface area contributed by atoms with Crippen LogP contribution in [0.15, 0.2) is 54.6 Å². The van der Waals surface area contributed by atoms with E-state index in [1.165, 1.54) is 12.1 Å². The van der Waals surface area contributed by atoms with E-state index in [0.29, 0.717) is 16.5 Å². The molecule has 1 amide bonds. The van der Waals surface area contributed by atoms with Gasteiger partial charge in [-0.15, -0.1) is 0 Å². The summed E-state index contributed by atoms with van der Waals surface area (Å²) >= 11 is 6.19. The number of nitrogens with one attached hydrogen (secondary N) is 2. The summed E-state index contributed by atoms with van der Waals surface area (Å²) in [4.78, 5) is 12.4. The van der Waals surface area contributed by atoms with E-state index in [4.69, 9.17) is 11.6 Å². The van der Waals surface area contributed by atoms with E-state index < -0.39 is 0 Å². The van der Waals surface area contributed by atoms with Gasteiger partial charge in [-0.1, -0.05) is 29.8 Å². The zero-order valence-electron chi connectivity index (χ0n) is 15.0. The molecule has 0 unspecified atom stereocenters. The monoisotopic (exact) mass is 386 g/mol. The Morgan fingerprint density at radius 1 is 1.22 bits per heavy atom. The number of nitrogens with zero attached hydrogens (tertiary/aromatic N) is 2. The average Bonchev–Trinajstić information content (AvgIpc) is 3.01. The van der Waals surface area contributed by atoms with Gasteiger partial charge in [0.15, 0.2) is 0 Å². The number of carbonyl (C=O) groups is 1. The van der Waals surface area contributed by atoms with Crippen molar-refractivity contribution in [3.05, 3.63) is 76.7 Å². The highest BCUT2D eigenvalue weighted by Gasteiger charge is 2.13. The highest BCUT2D eigenvalue weighted by molar-refractivity contribution is 6.31. The van der Waals surface area contributed by atoms with Crippen LogP contribution in [0.25, 0.3) is 5.69 Å². The molecule has 7 heteroatoms. The van der Waals surface area contributed by atoms with Crippen molar-refractivity contribution < 1.29 is 9.18 Å². The zero-order chi connectivity index (χ0) is 19.4. The number of anilines is 1. The molecule has 140 valence electrons. The van der Waals surface area contributed by atoms with Crippen LogP contribution in [0.4, 0.5) is 10.2 Å². The molecule has 0 aliphatic carbocycles. The first-order valence-corrected chi connectivity index (χ1v) is 8.92. The van der Waals surface area contributed by atoms with E-state index in [1.54, 1.807) is 22.9 Å². The van der Waals surface area contributed by atoms with Crippen LogP contribution in [-0.2, 0) is 4.79 Å². The van der Waals surface area contributed by atoms with Crippen LogP contribution in [0.3, 0.4) is 0 Å². The molecule has 0 spiro atoms. The van der Waals surface area contributed by atoms with Crippen LogP contribution in [0.2, 0.25) is 5.02 Å². The maximum absolute atomic E-state index is 13.1. The summed E-state index contributed by atoms with van der Waals surface area (Å²) in [7, 11) is 0. The van der Waals surface area contributed by atoms with E-state index in [9.17, 15) is 9.18 Å². The van der Waals surface area contributed by atoms with Crippen LogP contribution in [-0.4, -0.2) is 22.2 Å². The quantitative estimate of drug-likeness (QED) is 0.665. The Kier molecular flexibility index (Phi) is 5.88. The Labute approximate surface area is 162 Å². The van der Waals surface area contributed by atoms with Gasteiger partial charge in [-0.05, 0) is 49.7 Å². The summed E-state index contributed by atoms with van der Waals surface area (Å²) in [6, 6.07) is 15.1. The first kappa shape index (κ1) is 19.1. The van der Waals surface area contributed by atoms with Crippen molar-refractivity contribution in [2.24, 2.45) is 0 Å². The zero-order valence-corrected chi connectivity index (χ0v) is 15.8. The predicted molar refractivity (Wildman–Crippen MR) is 105 cm³/mol. The first-order valence-electron chi connectivity index (χ1n) is 8.54. The number of halogens is 2. The highest BCUT2D eigenvalue weighted by atomic mass is 35.5. The van der Waals surface area contributed by atoms with Crippen molar-refractivity contribution in [2.45, 2.75) is 19.9 Å². The fraction of sp³-hybridized carbons (Fsp3) is 0.200. The van der Waals surface area contributed by atoms with E-state index in [0.717, 1.165) is 11.3 Å². The van der Waals surface area contributed by atoms with Crippen molar-refractivity contribution in [2.75, 3.05) is 11.9 Å². The highest BCUT2D eigenvalue weighted by Crippen LogP contribution is 2.22. The predicted octanol–water partition coefficient (Wildman–Crippen LogP) is 4.26. The molecular weight excluding hydrogens is 367 g/mol. The van der Waals surface area contributed by atoms with Gasteiger partial charge in [-0.25, -0.2) is 9.07 Å². The number of aryl methyl sites for hydroxylation is 1. The third-order valence-corrected chi connectivity index (χ3v) is 4.45. The van der Waals surface area contributed by atoms with Gasteiger partial charge in [0.2, 0.25) is 5.91 Å². The van der Waals surface area contributed by atoms with Crippen molar-refractivity contribution >= 4 is 23.3 Å². The normalized spacial score (nSPS) is 12.0. The van der Waals surface area contributed by atoms with Gasteiger partial charge in [-0.2, -0.15) is 5.10 Å². The van der Waals surface area contributed by atoms with E-state index in [2.05, 4.69) is 15.7 Å². The fourth-order valence-electron chi connectivity index (χ4n) is 2.74.